The normalized spacial score (nSPS) is 15.1. The number of imidazole rings is 1. The summed E-state index contributed by atoms with van der Waals surface area (Å²) in [6.45, 7) is 0.888. The maximum Gasteiger partial charge on any atom is 0.344 e. The lowest BCUT2D eigenvalue weighted by Crippen LogP contribution is -2.14. The summed E-state index contributed by atoms with van der Waals surface area (Å²) in [5.41, 5.74) is 2.95. The van der Waals surface area contributed by atoms with E-state index in [1.807, 2.05) is 29.0 Å². The minimum atomic E-state index is -1.03. The maximum absolute atomic E-state index is 10.5. The third-order valence-electron chi connectivity index (χ3n) is 3.79. The molecule has 0 bridgehead atoms. The number of aromatic nitrogens is 2. The van der Waals surface area contributed by atoms with Crippen LogP contribution in [0.3, 0.4) is 0 Å². The number of carbonyl (C=O) groups is 1. The van der Waals surface area contributed by atoms with E-state index < -0.39 is 12.6 Å². The predicted molar refractivity (Wildman–Crippen MR) is 87.2 cm³/mol. The van der Waals surface area contributed by atoms with Crippen molar-refractivity contribution in [1.82, 2.24) is 9.55 Å². The molecule has 0 saturated heterocycles. The highest BCUT2D eigenvalue weighted by Gasteiger charge is 2.17. The number of nitrogens with zero attached hydrogens (tertiary/aromatic N) is 3. The van der Waals surface area contributed by atoms with Crippen LogP contribution in [0.25, 0.3) is 0 Å². The van der Waals surface area contributed by atoms with E-state index in [-0.39, 0.29) is 0 Å². The SMILES string of the molecule is O=C(O)CON=C1CCCc2cc(OCCn3ccnc3)ccc21. The number of carboxylic acids is 1. The van der Waals surface area contributed by atoms with Crippen LogP contribution in [0.5, 0.6) is 5.75 Å². The molecule has 1 heterocycles. The Bertz CT molecular complexity index is 725. The molecule has 1 aliphatic carbocycles. The lowest BCUT2D eigenvalue weighted by Gasteiger charge is -2.18. The van der Waals surface area contributed by atoms with Gasteiger partial charge in [0.05, 0.1) is 18.6 Å². The molecule has 3 rings (SSSR count). The Morgan fingerprint density at radius 2 is 2.29 bits per heavy atom. The molecule has 1 aromatic heterocycles. The molecular weight excluding hydrogens is 310 g/mol. The number of hydrogen-bond donors (Lipinski definition) is 1. The third-order valence-corrected chi connectivity index (χ3v) is 3.79. The smallest absolute Gasteiger partial charge is 0.344 e. The molecule has 0 saturated carbocycles. The van der Waals surface area contributed by atoms with Crippen molar-refractivity contribution in [2.75, 3.05) is 13.2 Å². The van der Waals surface area contributed by atoms with Crippen LogP contribution >= 0.6 is 0 Å². The van der Waals surface area contributed by atoms with Crippen molar-refractivity contribution < 1.29 is 19.5 Å². The molecule has 0 fully saturated rings. The van der Waals surface area contributed by atoms with Gasteiger partial charge >= 0.3 is 5.97 Å². The van der Waals surface area contributed by atoms with E-state index in [0.29, 0.717) is 6.61 Å². The molecule has 1 N–H and O–H groups in total. The molecule has 126 valence electrons. The molecule has 0 spiro atoms. The van der Waals surface area contributed by atoms with Crippen molar-refractivity contribution >= 4 is 11.7 Å². The van der Waals surface area contributed by atoms with Gasteiger partial charge in [-0.1, -0.05) is 5.16 Å². The van der Waals surface area contributed by atoms with E-state index in [1.54, 1.807) is 12.5 Å². The Morgan fingerprint density at radius 3 is 3.08 bits per heavy atom. The van der Waals surface area contributed by atoms with Crippen LogP contribution in [-0.4, -0.2) is 39.6 Å². The summed E-state index contributed by atoms with van der Waals surface area (Å²) in [6.07, 6.45) is 8.10. The van der Waals surface area contributed by atoms with E-state index in [0.717, 1.165) is 48.4 Å². The number of hydrogen-bond acceptors (Lipinski definition) is 5. The molecule has 1 aliphatic rings. The second kappa shape index (κ2) is 7.63. The zero-order valence-electron chi connectivity index (χ0n) is 13.2. The number of fused-ring (bicyclic) bond motifs is 1. The molecule has 2 aromatic rings. The van der Waals surface area contributed by atoms with Crippen molar-refractivity contribution in [3.8, 4) is 5.75 Å². The van der Waals surface area contributed by atoms with Crippen LogP contribution in [0.4, 0.5) is 0 Å². The van der Waals surface area contributed by atoms with Gasteiger partial charge in [-0.25, -0.2) is 9.78 Å². The summed E-state index contributed by atoms with van der Waals surface area (Å²) in [5.74, 6) is -0.210. The first-order valence-corrected chi connectivity index (χ1v) is 7.85. The van der Waals surface area contributed by atoms with Crippen LogP contribution in [0.15, 0.2) is 42.1 Å². The second-order valence-corrected chi connectivity index (χ2v) is 5.53. The number of aryl methyl sites for hydroxylation is 1. The number of carboxylic acid groups (broad SMARTS) is 1. The van der Waals surface area contributed by atoms with Crippen LogP contribution in [0.1, 0.15) is 24.0 Å². The number of aliphatic carboxylic acids is 1. The van der Waals surface area contributed by atoms with Gasteiger partial charge in [0.25, 0.3) is 0 Å². The van der Waals surface area contributed by atoms with Crippen LogP contribution in [0.2, 0.25) is 0 Å². The summed E-state index contributed by atoms with van der Waals surface area (Å²) in [7, 11) is 0. The minimum absolute atomic E-state index is 0.422. The molecule has 0 atom stereocenters. The van der Waals surface area contributed by atoms with E-state index in [9.17, 15) is 4.79 Å². The van der Waals surface area contributed by atoms with Crippen molar-refractivity contribution in [1.29, 1.82) is 0 Å². The van der Waals surface area contributed by atoms with Gasteiger partial charge in [0.2, 0.25) is 6.61 Å². The number of rotatable bonds is 7. The summed E-state index contributed by atoms with van der Waals surface area (Å²) < 4.78 is 7.76. The van der Waals surface area contributed by atoms with Gasteiger partial charge in [-0.15, -0.1) is 0 Å². The third kappa shape index (κ3) is 4.13. The fourth-order valence-electron chi connectivity index (χ4n) is 2.68. The summed E-state index contributed by atoms with van der Waals surface area (Å²) in [4.78, 5) is 19.4. The molecule has 1 aromatic carbocycles. The number of oxime groups is 1. The largest absolute Gasteiger partial charge is 0.492 e. The van der Waals surface area contributed by atoms with E-state index in [1.165, 1.54) is 0 Å². The van der Waals surface area contributed by atoms with Crippen molar-refractivity contribution in [3.63, 3.8) is 0 Å². The fourth-order valence-corrected chi connectivity index (χ4v) is 2.68. The van der Waals surface area contributed by atoms with E-state index in [2.05, 4.69) is 10.1 Å². The van der Waals surface area contributed by atoms with Crippen LogP contribution in [0, 0.1) is 0 Å². The molecule has 24 heavy (non-hydrogen) atoms. The topological polar surface area (TPSA) is 85.9 Å². The first-order chi connectivity index (χ1) is 11.7. The standard InChI is InChI=1S/C17H19N3O4/c21-17(22)11-24-19-16-3-1-2-13-10-14(4-5-15(13)16)23-9-8-20-7-6-18-12-20/h4-7,10,12H,1-3,8-9,11H2,(H,21,22). The van der Waals surface area contributed by atoms with Gasteiger partial charge in [-0.2, -0.15) is 0 Å². The molecular formula is C17H19N3O4. The maximum atomic E-state index is 10.5. The van der Waals surface area contributed by atoms with Gasteiger partial charge in [0, 0.05) is 18.0 Å². The molecule has 0 amide bonds. The Morgan fingerprint density at radius 1 is 1.38 bits per heavy atom. The van der Waals surface area contributed by atoms with Gasteiger partial charge < -0.3 is 19.2 Å². The summed E-state index contributed by atoms with van der Waals surface area (Å²) in [5, 5.41) is 12.6. The van der Waals surface area contributed by atoms with Crippen molar-refractivity contribution in [2.45, 2.75) is 25.8 Å². The zero-order chi connectivity index (χ0) is 16.8. The number of benzene rings is 1. The lowest BCUT2D eigenvalue weighted by atomic mass is 9.90. The molecule has 0 radical (unpaired) electrons. The van der Waals surface area contributed by atoms with E-state index in [4.69, 9.17) is 14.7 Å². The minimum Gasteiger partial charge on any atom is -0.492 e. The van der Waals surface area contributed by atoms with Crippen molar-refractivity contribution in [2.24, 2.45) is 5.16 Å². The van der Waals surface area contributed by atoms with Crippen LogP contribution < -0.4 is 4.74 Å². The molecule has 7 heteroatoms. The average molecular weight is 329 g/mol. The Kier molecular flexibility index (Phi) is 5.10. The highest BCUT2D eigenvalue weighted by Crippen LogP contribution is 2.26. The lowest BCUT2D eigenvalue weighted by molar-refractivity contribution is -0.142. The highest BCUT2D eigenvalue weighted by atomic mass is 16.6. The van der Waals surface area contributed by atoms with Crippen molar-refractivity contribution in [3.05, 3.63) is 48.0 Å². The number of ether oxygens (including phenoxy) is 1. The average Bonchev–Trinajstić information content (AvgIpc) is 3.08. The Hall–Kier alpha value is -2.83. The fraction of sp³-hybridized carbons (Fsp3) is 0.353. The molecule has 0 aliphatic heterocycles. The van der Waals surface area contributed by atoms with Gasteiger partial charge in [0.15, 0.2) is 0 Å². The van der Waals surface area contributed by atoms with Gasteiger partial charge in [-0.3, -0.25) is 0 Å². The predicted octanol–water partition coefficient (Wildman–Crippen LogP) is 2.10. The van der Waals surface area contributed by atoms with Gasteiger partial charge in [0.1, 0.15) is 12.4 Å². The van der Waals surface area contributed by atoms with Gasteiger partial charge in [-0.05, 0) is 43.0 Å². The second-order valence-electron chi connectivity index (χ2n) is 5.53. The molecule has 7 nitrogen and oxygen atoms in total. The summed E-state index contributed by atoms with van der Waals surface area (Å²) >= 11 is 0. The van der Waals surface area contributed by atoms with Crippen LogP contribution in [-0.2, 0) is 22.6 Å². The zero-order valence-corrected chi connectivity index (χ0v) is 13.2. The summed E-state index contributed by atoms with van der Waals surface area (Å²) in [6, 6.07) is 5.89. The Balaban J connectivity index is 1.63. The first-order valence-electron chi connectivity index (χ1n) is 7.85. The molecule has 0 unspecified atom stereocenters. The van der Waals surface area contributed by atoms with E-state index >= 15 is 0 Å². The Labute approximate surface area is 139 Å². The monoisotopic (exact) mass is 329 g/mol. The quantitative estimate of drug-likeness (QED) is 0.786. The highest BCUT2D eigenvalue weighted by molar-refractivity contribution is 6.02. The first kappa shape index (κ1) is 16.0.